The topological polar surface area (TPSA) is 15.3 Å². The van der Waals surface area contributed by atoms with Crippen molar-refractivity contribution in [1.29, 1.82) is 0 Å². The number of hydrogen-bond donors (Lipinski definition) is 1. The van der Waals surface area contributed by atoms with E-state index in [2.05, 4.69) is 17.1 Å². The van der Waals surface area contributed by atoms with E-state index in [1.807, 2.05) is 0 Å². The normalized spacial score (nSPS) is 43.4. The van der Waals surface area contributed by atoms with Gasteiger partial charge in [-0.3, -0.25) is 0 Å². The maximum atomic E-state index is 3.74. The molecule has 3 aliphatic rings. The van der Waals surface area contributed by atoms with Crippen molar-refractivity contribution in [3.63, 3.8) is 0 Å². The quantitative estimate of drug-likeness (QED) is 0.709. The lowest BCUT2D eigenvalue weighted by Gasteiger charge is -2.41. The van der Waals surface area contributed by atoms with Crippen LogP contribution >= 0.6 is 0 Å². The highest BCUT2D eigenvalue weighted by atomic mass is 15.2. The molecule has 2 heteroatoms. The third-order valence-corrected chi connectivity index (χ3v) is 4.78. The maximum absolute atomic E-state index is 3.74. The number of piperidine rings is 2. The van der Waals surface area contributed by atoms with E-state index in [0.717, 1.165) is 24.0 Å². The Morgan fingerprint density at radius 3 is 2.13 bits per heavy atom. The van der Waals surface area contributed by atoms with Crippen LogP contribution in [0.25, 0.3) is 0 Å². The minimum Gasteiger partial charge on any atom is -0.311 e. The fourth-order valence-corrected chi connectivity index (χ4v) is 3.72. The molecule has 3 aliphatic heterocycles. The monoisotopic (exact) mass is 208 g/mol. The largest absolute Gasteiger partial charge is 0.311 e. The molecule has 3 fully saturated rings. The van der Waals surface area contributed by atoms with Crippen LogP contribution in [-0.2, 0) is 0 Å². The van der Waals surface area contributed by atoms with Crippen molar-refractivity contribution < 1.29 is 0 Å². The van der Waals surface area contributed by atoms with E-state index < -0.39 is 0 Å². The Morgan fingerprint density at radius 1 is 0.933 bits per heavy atom. The fraction of sp³-hybridized carbons (Fsp3) is 1.00. The van der Waals surface area contributed by atoms with Gasteiger partial charge in [-0.2, -0.15) is 0 Å². The van der Waals surface area contributed by atoms with Crippen LogP contribution in [-0.4, -0.2) is 36.1 Å². The van der Waals surface area contributed by atoms with E-state index in [1.54, 1.807) is 0 Å². The van der Waals surface area contributed by atoms with E-state index in [9.17, 15) is 0 Å². The second-order valence-corrected chi connectivity index (χ2v) is 5.98. The summed E-state index contributed by atoms with van der Waals surface area (Å²) >= 11 is 0. The van der Waals surface area contributed by atoms with Crippen LogP contribution in [0.3, 0.4) is 0 Å². The lowest BCUT2D eigenvalue weighted by Crippen LogP contribution is -2.50. The van der Waals surface area contributed by atoms with Gasteiger partial charge in [0.1, 0.15) is 0 Å². The number of hydrogen-bond acceptors (Lipinski definition) is 2. The summed E-state index contributed by atoms with van der Waals surface area (Å²) in [6.07, 6.45) is 8.57. The molecule has 3 saturated heterocycles. The van der Waals surface area contributed by atoms with Crippen molar-refractivity contribution in [2.45, 2.75) is 63.6 Å². The molecule has 15 heavy (non-hydrogen) atoms. The lowest BCUT2D eigenvalue weighted by atomic mass is 9.93. The van der Waals surface area contributed by atoms with Gasteiger partial charge in [0.25, 0.3) is 0 Å². The average Bonchev–Trinajstić information content (AvgIpc) is 2.59. The highest BCUT2D eigenvalue weighted by Gasteiger charge is 2.36. The van der Waals surface area contributed by atoms with Crippen LogP contribution in [0.4, 0.5) is 0 Å². The lowest BCUT2D eigenvalue weighted by molar-refractivity contribution is 0.101. The van der Waals surface area contributed by atoms with Crippen LogP contribution in [0, 0.1) is 5.92 Å². The Bertz CT molecular complexity index is 209. The molecule has 0 aromatic rings. The van der Waals surface area contributed by atoms with E-state index in [4.69, 9.17) is 0 Å². The molecule has 86 valence electrons. The highest BCUT2D eigenvalue weighted by Crippen LogP contribution is 2.31. The standard InChI is InChI=1S/C13H24N2/c1-10-4-6-15(7-5-10)13-8-11-2-3-12(9-13)14-11/h10-14H,2-9H2,1H3/t11-,12?,13-/m0/s1. The Labute approximate surface area is 93.4 Å². The smallest absolute Gasteiger partial charge is 0.0125 e. The molecule has 3 heterocycles. The highest BCUT2D eigenvalue weighted by molar-refractivity contribution is 4.96. The van der Waals surface area contributed by atoms with E-state index >= 15 is 0 Å². The zero-order valence-corrected chi connectivity index (χ0v) is 9.91. The number of likely N-dealkylation sites (tertiary alicyclic amines) is 1. The Hall–Kier alpha value is -0.0800. The van der Waals surface area contributed by atoms with Gasteiger partial charge in [0.15, 0.2) is 0 Å². The molecule has 0 aliphatic carbocycles. The van der Waals surface area contributed by atoms with Crippen molar-refractivity contribution >= 4 is 0 Å². The van der Waals surface area contributed by atoms with Gasteiger partial charge in [0.05, 0.1) is 0 Å². The molecular formula is C13H24N2. The van der Waals surface area contributed by atoms with Crippen molar-refractivity contribution in [2.24, 2.45) is 5.92 Å². The third-order valence-electron chi connectivity index (χ3n) is 4.78. The molecule has 3 atom stereocenters. The van der Waals surface area contributed by atoms with Crippen LogP contribution < -0.4 is 5.32 Å². The minimum absolute atomic E-state index is 0.855. The van der Waals surface area contributed by atoms with Gasteiger partial charge in [-0.1, -0.05) is 6.92 Å². The molecule has 3 rings (SSSR count). The Morgan fingerprint density at radius 2 is 1.53 bits per heavy atom. The van der Waals surface area contributed by atoms with Gasteiger partial charge < -0.3 is 10.2 Å². The van der Waals surface area contributed by atoms with Gasteiger partial charge in [0.2, 0.25) is 0 Å². The molecular weight excluding hydrogens is 184 g/mol. The number of fused-ring (bicyclic) bond motifs is 2. The first-order valence-corrected chi connectivity index (χ1v) is 6.81. The molecule has 0 radical (unpaired) electrons. The van der Waals surface area contributed by atoms with Gasteiger partial charge in [0, 0.05) is 18.1 Å². The van der Waals surface area contributed by atoms with E-state index in [1.165, 1.54) is 51.6 Å². The van der Waals surface area contributed by atoms with Crippen LogP contribution in [0.5, 0.6) is 0 Å². The van der Waals surface area contributed by atoms with Crippen LogP contribution in [0.2, 0.25) is 0 Å². The first kappa shape index (κ1) is 10.1. The van der Waals surface area contributed by atoms with Crippen LogP contribution in [0.1, 0.15) is 45.4 Å². The Balaban J connectivity index is 1.58. The summed E-state index contributed by atoms with van der Waals surface area (Å²) < 4.78 is 0. The summed E-state index contributed by atoms with van der Waals surface area (Å²) in [5.41, 5.74) is 0. The number of nitrogens with one attached hydrogen (secondary N) is 1. The summed E-state index contributed by atoms with van der Waals surface area (Å²) in [6, 6.07) is 2.62. The molecule has 0 amide bonds. The molecule has 2 bridgehead atoms. The number of rotatable bonds is 1. The molecule has 0 aromatic heterocycles. The Kier molecular flexibility index (Phi) is 2.73. The predicted molar refractivity (Wildman–Crippen MR) is 62.9 cm³/mol. The summed E-state index contributed by atoms with van der Waals surface area (Å²) in [5.74, 6) is 0.972. The first-order chi connectivity index (χ1) is 7.31. The van der Waals surface area contributed by atoms with Crippen molar-refractivity contribution in [1.82, 2.24) is 10.2 Å². The minimum atomic E-state index is 0.855. The molecule has 1 N–H and O–H groups in total. The summed E-state index contributed by atoms with van der Waals surface area (Å²) in [7, 11) is 0. The average molecular weight is 208 g/mol. The van der Waals surface area contributed by atoms with E-state index in [-0.39, 0.29) is 0 Å². The third kappa shape index (κ3) is 2.07. The van der Waals surface area contributed by atoms with E-state index in [0.29, 0.717) is 0 Å². The second kappa shape index (κ2) is 4.06. The second-order valence-electron chi connectivity index (χ2n) is 5.98. The van der Waals surface area contributed by atoms with Crippen molar-refractivity contribution in [2.75, 3.05) is 13.1 Å². The van der Waals surface area contributed by atoms with Crippen LogP contribution in [0.15, 0.2) is 0 Å². The SMILES string of the molecule is CC1CCN([C@@H]2CC3CC[C@@H](C2)N3)CC1. The first-order valence-electron chi connectivity index (χ1n) is 6.81. The van der Waals surface area contributed by atoms with Gasteiger partial charge in [-0.15, -0.1) is 0 Å². The molecule has 0 saturated carbocycles. The maximum Gasteiger partial charge on any atom is 0.0125 e. The van der Waals surface area contributed by atoms with Crippen molar-refractivity contribution in [3.05, 3.63) is 0 Å². The zero-order chi connectivity index (χ0) is 10.3. The molecule has 1 unspecified atom stereocenters. The predicted octanol–water partition coefficient (Wildman–Crippen LogP) is 2.00. The molecule has 2 nitrogen and oxygen atoms in total. The van der Waals surface area contributed by atoms with Gasteiger partial charge in [-0.25, -0.2) is 0 Å². The van der Waals surface area contributed by atoms with Gasteiger partial charge >= 0.3 is 0 Å². The molecule has 0 aromatic carbocycles. The summed E-state index contributed by atoms with van der Waals surface area (Å²) in [5, 5.41) is 3.74. The summed E-state index contributed by atoms with van der Waals surface area (Å²) in [4.78, 5) is 2.78. The molecule has 0 spiro atoms. The number of nitrogens with zero attached hydrogens (tertiary/aromatic N) is 1. The fourth-order valence-electron chi connectivity index (χ4n) is 3.72. The van der Waals surface area contributed by atoms with Gasteiger partial charge in [-0.05, 0) is 57.5 Å². The summed E-state index contributed by atoms with van der Waals surface area (Å²) in [6.45, 7) is 5.14. The van der Waals surface area contributed by atoms with Crippen molar-refractivity contribution in [3.8, 4) is 0 Å². The zero-order valence-electron chi connectivity index (χ0n) is 9.91.